The van der Waals surface area contributed by atoms with Gasteiger partial charge in [0.15, 0.2) is 0 Å². The van der Waals surface area contributed by atoms with Crippen molar-refractivity contribution < 1.29 is 54.6 Å². The molecule has 0 aromatic carbocycles. The number of carbonyl (C=O) groups excluding carboxylic acids is 3. The average molecular weight is 648 g/mol. The number of nitrogens with zero attached hydrogens (tertiary/aromatic N) is 1. The maximum atomic E-state index is 10.6. The van der Waals surface area contributed by atoms with Gasteiger partial charge in [-0.1, -0.05) is 20.8 Å². The van der Waals surface area contributed by atoms with Gasteiger partial charge in [0.05, 0.1) is 13.2 Å². The number of hydrogen-bond acceptors (Lipinski definition) is 7. The fraction of sp³-hybridized carbons (Fsp3) is 0.840. The van der Waals surface area contributed by atoms with Crippen LogP contribution in [0.2, 0.25) is 0 Å². The molecule has 0 heterocycles. The number of rotatable bonds is 4. The third-order valence-corrected chi connectivity index (χ3v) is 2.20. The van der Waals surface area contributed by atoms with Gasteiger partial charge in [0.25, 0.3) is 0 Å². The van der Waals surface area contributed by atoms with Crippen molar-refractivity contribution in [3.05, 3.63) is 0 Å². The van der Waals surface area contributed by atoms with E-state index in [0.29, 0.717) is 20.7 Å². The molecule has 0 aliphatic rings. The first kappa shape index (κ1) is 66.7. The van der Waals surface area contributed by atoms with Crippen LogP contribution in [0.5, 0.6) is 0 Å². The highest BCUT2D eigenvalue weighted by atomic mass is 35.5. The summed E-state index contributed by atoms with van der Waals surface area (Å²) >= 11 is 6.50. The molecule has 0 rings (SSSR count). The van der Waals surface area contributed by atoms with Crippen molar-refractivity contribution in [2.75, 3.05) is 46.9 Å². The normalized spacial score (nSPS) is 7.85. The van der Waals surface area contributed by atoms with Crippen LogP contribution in [0.25, 0.3) is 0 Å². The predicted octanol–water partition coefficient (Wildman–Crippen LogP) is 9.28. The molecule has 0 aliphatic heterocycles. The van der Waals surface area contributed by atoms with Crippen molar-refractivity contribution in [3.63, 3.8) is 0 Å². The molecular weight excluding hydrogens is 595 g/mol. The molecule has 0 aromatic heterocycles. The van der Waals surface area contributed by atoms with Gasteiger partial charge in [-0.15, -0.1) is 24.8 Å². The Hall–Kier alpha value is -1.43. The van der Waals surface area contributed by atoms with Gasteiger partial charge in [-0.25, -0.2) is 0 Å². The van der Waals surface area contributed by atoms with E-state index in [9.17, 15) is 45.1 Å². The van der Waals surface area contributed by atoms with Crippen molar-refractivity contribution in [1.82, 2.24) is 0 Å². The smallest absolute Gasteiger partial charge is 0.388 e. The quantitative estimate of drug-likeness (QED) is 0.222. The minimum absolute atomic E-state index is 0.167. The van der Waals surface area contributed by atoms with Gasteiger partial charge < -0.3 is 19.1 Å². The van der Waals surface area contributed by atoms with Crippen LogP contribution in [0.4, 0.5) is 30.7 Å². The number of carbonyl (C=O) groups is 3. The molecule has 0 spiro atoms. The fourth-order valence-electron chi connectivity index (χ4n) is 0.352. The lowest BCUT2D eigenvalue weighted by molar-refractivity contribution is -0.311. The third kappa shape index (κ3) is 807. The number of Topliss-reactive ketones (excluding diaryl/α,β-unsaturated/α-hetero) is 3. The van der Waals surface area contributed by atoms with Crippen LogP contribution in [0.1, 0.15) is 81.6 Å². The second-order valence-corrected chi connectivity index (χ2v) is 7.21. The molecule has 0 bridgehead atoms. The Labute approximate surface area is 247 Å². The minimum Gasteiger partial charge on any atom is -0.388 e. The molecule has 40 heavy (non-hydrogen) atoms. The van der Waals surface area contributed by atoms with E-state index in [1.165, 1.54) is 32.9 Å². The van der Waals surface area contributed by atoms with Gasteiger partial charge >= 0.3 is 12.5 Å². The Morgan fingerprint density at radius 3 is 1.00 bits per heavy atom. The second-order valence-electron chi connectivity index (χ2n) is 6.06. The zero-order chi connectivity index (χ0) is 35.4. The summed E-state index contributed by atoms with van der Waals surface area (Å²) in [6.45, 7) is 13.9. The maximum absolute atomic E-state index is 10.6. The van der Waals surface area contributed by atoms with Crippen LogP contribution in [-0.4, -0.2) is 76.8 Å². The van der Waals surface area contributed by atoms with Crippen LogP contribution in [0.15, 0.2) is 0 Å². The summed E-state index contributed by atoms with van der Waals surface area (Å²) in [5, 5.41) is 7.32. The molecule has 0 saturated heterocycles. The van der Waals surface area contributed by atoms with E-state index in [1.807, 2.05) is 25.6 Å². The molecule has 0 saturated carbocycles. The van der Waals surface area contributed by atoms with Crippen LogP contribution in [-0.2, 0) is 23.9 Å². The average Bonchev–Trinajstić information content (AvgIpc) is 2.82. The van der Waals surface area contributed by atoms with Gasteiger partial charge in [0, 0.05) is 54.4 Å². The first-order valence-electron chi connectivity index (χ1n) is 11.2. The summed E-state index contributed by atoms with van der Waals surface area (Å²) in [7, 11) is 4.33. The molecule has 0 aromatic rings. The summed E-state index contributed by atoms with van der Waals surface area (Å²) in [5.74, 6) is 1.95. The first-order chi connectivity index (χ1) is 18.1. The maximum Gasteiger partial charge on any atom is 0.522 e. The largest absolute Gasteiger partial charge is 0.522 e. The molecular formula is C25H53ClF7NO5S. The van der Waals surface area contributed by atoms with Crippen LogP contribution < -0.4 is 0 Å². The molecule has 0 fully saturated rings. The van der Waals surface area contributed by atoms with E-state index in [2.05, 4.69) is 34.3 Å². The van der Waals surface area contributed by atoms with E-state index >= 15 is 0 Å². The number of methoxy groups -OCH3 is 2. The lowest BCUT2D eigenvalue weighted by Gasteiger charge is -1.97. The first-order valence-corrected chi connectivity index (χ1v) is 13.3. The van der Waals surface area contributed by atoms with Crippen molar-refractivity contribution in [1.29, 1.82) is 5.26 Å². The van der Waals surface area contributed by atoms with E-state index in [4.69, 9.17) is 5.26 Å². The molecule has 0 N–H and O–H groups in total. The predicted molar refractivity (Wildman–Crippen MR) is 155 cm³/mol. The standard InChI is InChI=1S/C5H10O.C4H8O.C3H6O.C3H8S.C2H3F3O.C2H3F3.C2H3N.C2H6O.CH3Cl.CH3F/c1-3-4-5(2)6;1-3-4(2)5;1-3(2)4;1-3-4-2;1-6-2(3,4)5;1-2(3,4)5;1-2-3;1-3-2;2*1-2/h3-4H2,1-2H3;3H2,1-2H3;1-2H3;3H2,1-2H3;1H3;1H3;1H3;1-2H3;2*1H3. The van der Waals surface area contributed by atoms with Gasteiger partial charge in [0.1, 0.15) is 17.3 Å². The molecule has 0 unspecified atom stereocenters. The second kappa shape index (κ2) is 66.1. The Kier molecular flexibility index (Phi) is 110. The zero-order valence-electron chi connectivity index (χ0n) is 26.7. The number of hydrogen-bond donors (Lipinski definition) is 0. The van der Waals surface area contributed by atoms with Crippen molar-refractivity contribution in [3.8, 4) is 6.07 Å². The topological polar surface area (TPSA) is 93.5 Å². The monoisotopic (exact) mass is 647 g/mol. The van der Waals surface area contributed by atoms with Crippen molar-refractivity contribution in [2.24, 2.45) is 0 Å². The number of nitriles is 1. The summed E-state index contributed by atoms with van der Waals surface area (Å²) in [6, 6.07) is 1.75. The molecule has 0 amide bonds. The van der Waals surface area contributed by atoms with Crippen LogP contribution in [0.3, 0.4) is 0 Å². The van der Waals surface area contributed by atoms with E-state index in [1.54, 1.807) is 34.1 Å². The summed E-state index contributed by atoms with van der Waals surface area (Å²) in [4.78, 5) is 29.3. The van der Waals surface area contributed by atoms with E-state index in [0.717, 1.165) is 12.8 Å². The highest BCUT2D eigenvalue weighted by Gasteiger charge is 2.25. The van der Waals surface area contributed by atoms with Crippen molar-refractivity contribution >= 4 is 40.7 Å². The Balaban J connectivity index is -0.0000000319. The van der Waals surface area contributed by atoms with Crippen LogP contribution >= 0.6 is 23.4 Å². The summed E-state index contributed by atoms with van der Waals surface area (Å²) < 4.78 is 79.4. The van der Waals surface area contributed by atoms with Gasteiger partial charge in [-0.3, -0.25) is 9.13 Å². The molecule has 6 nitrogen and oxygen atoms in total. The third-order valence-electron chi connectivity index (χ3n) is 1.62. The van der Waals surface area contributed by atoms with E-state index in [-0.39, 0.29) is 24.3 Å². The lowest BCUT2D eigenvalue weighted by Crippen LogP contribution is -2.08. The molecule has 250 valence electrons. The SMILES string of the molecule is CC#N.CC(C)=O.CC(F)(F)F.CCC(C)=O.CCCC(C)=O.CCSC.CCl.CF.COC.COC(F)(F)F. The van der Waals surface area contributed by atoms with Crippen LogP contribution in [0, 0.1) is 11.3 Å². The number of thioether (sulfide) groups is 1. The Bertz CT molecular complexity index is 480. The van der Waals surface area contributed by atoms with Gasteiger partial charge in [-0.2, -0.15) is 30.2 Å². The molecule has 0 aliphatic carbocycles. The number of ether oxygens (including phenoxy) is 2. The molecule has 0 atom stereocenters. The zero-order valence-corrected chi connectivity index (χ0v) is 28.3. The Morgan fingerprint density at radius 2 is 1.00 bits per heavy atom. The Morgan fingerprint density at radius 1 is 0.850 bits per heavy atom. The molecule has 15 heteroatoms. The minimum atomic E-state index is -4.46. The molecule has 0 radical (unpaired) electrons. The fourth-order valence-corrected chi connectivity index (χ4v) is 0.352. The number of halogens is 8. The highest BCUT2D eigenvalue weighted by Crippen LogP contribution is 2.13. The summed E-state index contributed by atoms with van der Waals surface area (Å²) in [5.41, 5.74) is 0. The summed E-state index contributed by atoms with van der Waals surface area (Å²) in [6.07, 6.45) is -2.50. The number of alkyl halides is 8. The highest BCUT2D eigenvalue weighted by molar-refractivity contribution is 7.98. The number of ketones is 3. The van der Waals surface area contributed by atoms with Crippen molar-refractivity contribution in [2.45, 2.75) is 94.1 Å². The lowest BCUT2D eigenvalue weighted by atomic mass is 10.3. The van der Waals surface area contributed by atoms with Gasteiger partial charge in [0.2, 0.25) is 0 Å². The van der Waals surface area contributed by atoms with Gasteiger partial charge in [-0.05, 0) is 46.1 Å². The van der Waals surface area contributed by atoms with E-state index < -0.39 is 12.5 Å².